The highest BCUT2D eigenvalue weighted by Crippen LogP contribution is 2.27. The van der Waals surface area contributed by atoms with Crippen LogP contribution >= 0.6 is 11.8 Å². The number of primary amides is 1. The van der Waals surface area contributed by atoms with Gasteiger partial charge < -0.3 is 16.8 Å². The maximum Gasteiger partial charge on any atom is 0.227 e. The van der Waals surface area contributed by atoms with Gasteiger partial charge in [0.15, 0.2) is 0 Å². The van der Waals surface area contributed by atoms with Crippen molar-refractivity contribution in [3.8, 4) is 0 Å². The van der Waals surface area contributed by atoms with E-state index in [1.54, 1.807) is 0 Å². The Labute approximate surface area is 119 Å². The normalized spacial score (nSPS) is 12.4. The highest BCUT2D eigenvalue weighted by Gasteiger charge is 2.12. The summed E-state index contributed by atoms with van der Waals surface area (Å²) in [6.45, 7) is 5.85. The van der Waals surface area contributed by atoms with Crippen molar-refractivity contribution in [2.45, 2.75) is 18.7 Å². The molecule has 0 aliphatic heterocycles. The number of nitrogens with two attached hydrogens (primary N) is 2. The van der Waals surface area contributed by atoms with Crippen LogP contribution in [-0.2, 0) is 4.79 Å². The zero-order valence-corrected chi connectivity index (χ0v) is 12.4. The Kier molecular flexibility index (Phi) is 6.73. The van der Waals surface area contributed by atoms with Gasteiger partial charge in [-0.25, -0.2) is 0 Å². The molecule has 19 heavy (non-hydrogen) atoms. The van der Waals surface area contributed by atoms with Gasteiger partial charge in [0.1, 0.15) is 0 Å². The van der Waals surface area contributed by atoms with E-state index in [0.717, 1.165) is 17.1 Å². The number of para-hydroxylation sites is 1. The van der Waals surface area contributed by atoms with Crippen molar-refractivity contribution in [3.05, 3.63) is 24.3 Å². The minimum Gasteiger partial charge on any atom is -0.384 e. The molecule has 1 atom stereocenters. The first kappa shape index (κ1) is 15.9. The Morgan fingerprint density at radius 2 is 2.05 bits per heavy atom. The summed E-state index contributed by atoms with van der Waals surface area (Å²) < 4.78 is 0. The molecule has 0 aliphatic carbocycles. The van der Waals surface area contributed by atoms with Crippen molar-refractivity contribution >= 4 is 23.4 Å². The van der Waals surface area contributed by atoms with Crippen molar-refractivity contribution in [2.24, 2.45) is 23.3 Å². The van der Waals surface area contributed by atoms with E-state index in [2.05, 4.69) is 19.2 Å². The molecule has 0 aliphatic rings. The summed E-state index contributed by atoms with van der Waals surface area (Å²) in [7, 11) is 0. The molecule has 0 radical (unpaired) electrons. The standard InChI is InChI=1S/C14H23N3OS/c1-10(2)11(7-15)8-17-12-5-3-4-6-13(12)19-9-14(16)18/h3-6,10-11,17H,7-9,15H2,1-2H3,(H2,16,18). The van der Waals surface area contributed by atoms with Crippen molar-refractivity contribution in [1.82, 2.24) is 0 Å². The van der Waals surface area contributed by atoms with E-state index < -0.39 is 0 Å². The van der Waals surface area contributed by atoms with Crippen LogP contribution in [0, 0.1) is 11.8 Å². The number of rotatable bonds is 8. The highest BCUT2D eigenvalue weighted by molar-refractivity contribution is 8.00. The molecule has 1 aromatic rings. The molecule has 5 N–H and O–H groups in total. The van der Waals surface area contributed by atoms with Crippen molar-refractivity contribution in [3.63, 3.8) is 0 Å². The van der Waals surface area contributed by atoms with Gasteiger partial charge >= 0.3 is 0 Å². The van der Waals surface area contributed by atoms with Crippen LogP contribution in [0.5, 0.6) is 0 Å². The number of thioether (sulfide) groups is 1. The minimum absolute atomic E-state index is 0.295. The SMILES string of the molecule is CC(C)C(CN)CNc1ccccc1SCC(N)=O. The summed E-state index contributed by atoms with van der Waals surface area (Å²) >= 11 is 1.45. The summed E-state index contributed by atoms with van der Waals surface area (Å²) in [6.07, 6.45) is 0. The summed E-state index contributed by atoms with van der Waals surface area (Å²) in [5, 5.41) is 3.42. The van der Waals surface area contributed by atoms with Crippen molar-refractivity contribution in [2.75, 3.05) is 24.2 Å². The van der Waals surface area contributed by atoms with Crippen LogP contribution in [0.15, 0.2) is 29.2 Å². The van der Waals surface area contributed by atoms with Crippen LogP contribution in [0.1, 0.15) is 13.8 Å². The molecule has 0 saturated heterocycles. The van der Waals surface area contributed by atoms with Gasteiger partial charge in [-0.1, -0.05) is 26.0 Å². The number of nitrogens with one attached hydrogen (secondary N) is 1. The number of benzene rings is 1. The number of anilines is 1. The van der Waals surface area contributed by atoms with E-state index in [1.165, 1.54) is 11.8 Å². The topological polar surface area (TPSA) is 81.1 Å². The van der Waals surface area contributed by atoms with Crippen molar-refractivity contribution in [1.29, 1.82) is 0 Å². The van der Waals surface area contributed by atoms with Crippen LogP contribution in [-0.4, -0.2) is 24.7 Å². The van der Waals surface area contributed by atoms with E-state index in [4.69, 9.17) is 11.5 Å². The summed E-state index contributed by atoms with van der Waals surface area (Å²) in [5.41, 5.74) is 12.0. The molecule has 0 bridgehead atoms. The number of hydrogen-bond acceptors (Lipinski definition) is 4. The number of amides is 1. The first-order chi connectivity index (χ1) is 9.04. The molecule has 1 aromatic carbocycles. The van der Waals surface area contributed by atoms with E-state index in [-0.39, 0.29) is 5.91 Å². The number of carbonyl (C=O) groups excluding carboxylic acids is 1. The number of hydrogen-bond donors (Lipinski definition) is 3. The third-order valence-electron chi connectivity index (χ3n) is 3.06. The molecule has 0 saturated carbocycles. The molecular formula is C14H23N3OS. The van der Waals surface area contributed by atoms with Gasteiger partial charge in [0.25, 0.3) is 0 Å². The Hall–Kier alpha value is -1.20. The fourth-order valence-corrected chi connectivity index (χ4v) is 2.49. The fourth-order valence-electron chi connectivity index (χ4n) is 1.72. The Morgan fingerprint density at radius 3 is 2.63 bits per heavy atom. The lowest BCUT2D eigenvalue weighted by Gasteiger charge is -2.21. The summed E-state index contributed by atoms with van der Waals surface area (Å²) in [6, 6.07) is 7.93. The van der Waals surface area contributed by atoms with E-state index in [0.29, 0.717) is 24.1 Å². The first-order valence-corrected chi connectivity index (χ1v) is 7.47. The smallest absolute Gasteiger partial charge is 0.227 e. The van der Waals surface area contributed by atoms with Crippen LogP contribution < -0.4 is 16.8 Å². The third kappa shape index (κ3) is 5.53. The predicted molar refractivity (Wildman–Crippen MR) is 82.2 cm³/mol. The summed E-state index contributed by atoms with van der Waals surface area (Å²) in [5.74, 6) is 0.974. The Morgan fingerprint density at radius 1 is 1.37 bits per heavy atom. The van der Waals surface area contributed by atoms with Crippen LogP contribution in [0.4, 0.5) is 5.69 Å². The second kappa shape index (κ2) is 8.07. The number of carbonyl (C=O) groups is 1. The molecule has 1 unspecified atom stereocenters. The molecule has 4 nitrogen and oxygen atoms in total. The largest absolute Gasteiger partial charge is 0.384 e. The molecule has 106 valence electrons. The maximum atomic E-state index is 10.9. The molecule has 0 fully saturated rings. The van der Waals surface area contributed by atoms with Gasteiger partial charge in [-0.05, 0) is 30.5 Å². The quantitative estimate of drug-likeness (QED) is 0.636. The van der Waals surface area contributed by atoms with E-state index >= 15 is 0 Å². The Balaban J connectivity index is 2.64. The van der Waals surface area contributed by atoms with Gasteiger partial charge in [-0.3, -0.25) is 4.79 Å². The lowest BCUT2D eigenvalue weighted by atomic mass is 9.96. The van der Waals surface area contributed by atoms with Gasteiger partial charge in [0.05, 0.1) is 5.75 Å². The van der Waals surface area contributed by atoms with Gasteiger partial charge in [0.2, 0.25) is 5.91 Å². The maximum absolute atomic E-state index is 10.9. The zero-order valence-electron chi connectivity index (χ0n) is 11.6. The molecule has 1 amide bonds. The van der Waals surface area contributed by atoms with E-state index in [9.17, 15) is 4.79 Å². The van der Waals surface area contributed by atoms with Gasteiger partial charge in [-0.2, -0.15) is 0 Å². The predicted octanol–water partition coefficient (Wildman–Crippen LogP) is 1.91. The van der Waals surface area contributed by atoms with Crippen molar-refractivity contribution < 1.29 is 4.79 Å². The minimum atomic E-state index is -0.304. The molecule has 0 aromatic heterocycles. The van der Waals surface area contributed by atoms with Crippen LogP contribution in [0.25, 0.3) is 0 Å². The monoisotopic (exact) mass is 281 g/mol. The molecule has 0 spiro atoms. The molecule has 5 heteroatoms. The Bertz CT molecular complexity index is 409. The fraction of sp³-hybridized carbons (Fsp3) is 0.500. The van der Waals surface area contributed by atoms with Crippen LogP contribution in [0.2, 0.25) is 0 Å². The average Bonchev–Trinajstić information content (AvgIpc) is 2.37. The van der Waals surface area contributed by atoms with E-state index in [1.807, 2.05) is 24.3 Å². The lowest BCUT2D eigenvalue weighted by Crippen LogP contribution is -2.27. The van der Waals surface area contributed by atoms with Gasteiger partial charge in [-0.15, -0.1) is 11.8 Å². The second-order valence-corrected chi connectivity index (χ2v) is 5.89. The third-order valence-corrected chi connectivity index (χ3v) is 4.15. The first-order valence-electron chi connectivity index (χ1n) is 6.48. The lowest BCUT2D eigenvalue weighted by molar-refractivity contribution is -0.115. The average molecular weight is 281 g/mol. The summed E-state index contributed by atoms with van der Waals surface area (Å²) in [4.78, 5) is 11.9. The van der Waals surface area contributed by atoms with Gasteiger partial charge in [0, 0.05) is 17.1 Å². The molecular weight excluding hydrogens is 258 g/mol. The highest BCUT2D eigenvalue weighted by atomic mass is 32.2. The molecule has 1 rings (SSSR count). The second-order valence-electron chi connectivity index (χ2n) is 4.87. The molecule has 0 heterocycles. The zero-order chi connectivity index (χ0) is 14.3. The van der Waals surface area contributed by atoms with Crippen LogP contribution in [0.3, 0.4) is 0 Å².